The minimum Gasteiger partial charge on any atom is -0.377 e. The molecule has 3 heterocycles. The lowest BCUT2D eigenvalue weighted by Crippen LogP contribution is -2.41. The Morgan fingerprint density at radius 3 is 2.80 bits per heavy atom. The van der Waals surface area contributed by atoms with Crippen molar-refractivity contribution >= 4 is 5.69 Å². The summed E-state index contributed by atoms with van der Waals surface area (Å²) in [6, 6.07) is 2.50. The predicted octanol–water partition coefficient (Wildman–Crippen LogP) is 2.05. The second kappa shape index (κ2) is 7.97. The van der Waals surface area contributed by atoms with E-state index in [0.717, 1.165) is 19.6 Å². The Labute approximate surface area is 150 Å². The Kier molecular flexibility index (Phi) is 5.71. The SMILES string of the molecule is CN(C)c1ccncc1CNC[C@@H]1CCCN(C)[C@H]1c1cncn1C. The van der Waals surface area contributed by atoms with Crippen molar-refractivity contribution in [2.75, 3.05) is 39.1 Å². The highest BCUT2D eigenvalue weighted by Gasteiger charge is 2.31. The zero-order valence-electron chi connectivity index (χ0n) is 15.8. The van der Waals surface area contributed by atoms with E-state index in [-0.39, 0.29) is 0 Å². The van der Waals surface area contributed by atoms with Crippen LogP contribution in [-0.4, -0.2) is 53.7 Å². The topological polar surface area (TPSA) is 49.2 Å². The molecule has 0 amide bonds. The molecular weight excluding hydrogens is 312 g/mol. The molecule has 0 aliphatic carbocycles. The number of hydrogen-bond acceptors (Lipinski definition) is 5. The molecule has 2 aromatic rings. The molecule has 1 fully saturated rings. The maximum absolute atomic E-state index is 4.33. The van der Waals surface area contributed by atoms with Gasteiger partial charge in [0.25, 0.3) is 0 Å². The van der Waals surface area contributed by atoms with E-state index in [0.29, 0.717) is 12.0 Å². The summed E-state index contributed by atoms with van der Waals surface area (Å²) in [5.74, 6) is 0.591. The summed E-state index contributed by atoms with van der Waals surface area (Å²) in [6.07, 6.45) is 10.3. The van der Waals surface area contributed by atoms with Crippen molar-refractivity contribution in [1.82, 2.24) is 24.8 Å². The Bertz CT molecular complexity index is 680. The number of anilines is 1. The van der Waals surface area contributed by atoms with Crippen molar-refractivity contribution in [1.29, 1.82) is 0 Å². The van der Waals surface area contributed by atoms with E-state index in [1.165, 1.54) is 29.8 Å². The van der Waals surface area contributed by atoms with Crippen molar-refractivity contribution < 1.29 is 0 Å². The van der Waals surface area contributed by atoms with Crippen LogP contribution >= 0.6 is 0 Å². The van der Waals surface area contributed by atoms with E-state index in [9.17, 15) is 0 Å². The summed E-state index contributed by atoms with van der Waals surface area (Å²) >= 11 is 0. The first-order valence-electron chi connectivity index (χ1n) is 9.05. The molecule has 6 nitrogen and oxygen atoms in total. The van der Waals surface area contributed by atoms with E-state index in [1.807, 2.05) is 24.9 Å². The number of piperidine rings is 1. The largest absolute Gasteiger partial charge is 0.377 e. The van der Waals surface area contributed by atoms with Gasteiger partial charge in [0.05, 0.1) is 18.1 Å². The average molecular weight is 342 g/mol. The molecule has 1 N–H and O–H groups in total. The van der Waals surface area contributed by atoms with Crippen molar-refractivity contribution in [2.24, 2.45) is 13.0 Å². The third-order valence-corrected chi connectivity index (χ3v) is 5.25. The van der Waals surface area contributed by atoms with Gasteiger partial charge in [0.2, 0.25) is 0 Å². The lowest BCUT2D eigenvalue weighted by atomic mass is 9.87. The van der Waals surface area contributed by atoms with Crippen LogP contribution in [0.15, 0.2) is 31.0 Å². The van der Waals surface area contributed by atoms with Crippen LogP contribution in [0.3, 0.4) is 0 Å². The van der Waals surface area contributed by atoms with Gasteiger partial charge in [0.15, 0.2) is 0 Å². The minimum absolute atomic E-state index is 0.427. The van der Waals surface area contributed by atoms with Gasteiger partial charge >= 0.3 is 0 Å². The van der Waals surface area contributed by atoms with E-state index >= 15 is 0 Å². The summed E-state index contributed by atoms with van der Waals surface area (Å²) in [5, 5.41) is 3.68. The van der Waals surface area contributed by atoms with E-state index in [2.05, 4.69) is 63.9 Å². The first-order valence-corrected chi connectivity index (χ1v) is 9.05. The van der Waals surface area contributed by atoms with Gasteiger partial charge < -0.3 is 14.8 Å². The molecule has 6 heteroatoms. The van der Waals surface area contributed by atoms with E-state index in [4.69, 9.17) is 0 Å². The molecule has 0 radical (unpaired) electrons. The summed E-state index contributed by atoms with van der Waals surface area (Å²) in [6.45, 7) is 3.00. The van der Waals surface area contributed by atoms with Gasteiger partial charge in [0.1, 0.15) is 0 Å². The molecule has 2 aromatic heterocycles. The molecule has 0 saturated carbocycles. The van der Waals surface area contributed by atoms with Gasteiger partial charge in [0, 0.05) is 64.1 Å². The fraction of sp³-hybridized carbons (Fsp3) is 0.579. The highest BCUT2D eigenvalue weighted by molar-refractivity contribution is 5.50. The van der Waals surface area contributed by atoms with Crippen LogP contribution in [0.25, 0.3) is 0 Å². The van der Waals surface area contributed by atoms with Crippen LogP contribution in [0.4, 0.5) is 5.69 Å². The molecule has 1 aliphatic heterocycles. The monoisotopic (exact) mass is 342 g/mol. The van der Waals surface area contributed by atoms with Crippen molar-refractivity contribution in [2.45, 2.75) is 25.4 Å². The first-order chi connectivity index (χ1) is 12.1. The number of aromatic nitrogens is 3. The third-order valence-electron chi connectivity index (χ3n) is 5.25. The molecule has 2 atom stereocenters. The van der Waals surface area contributed by atoms with Gasteiger partial charge in [-0.1, -0.05) is 0 Å². The summed E-state index contributed by atoms with van der Waals surface area (Å²) < 4.78 is 2.16. The number of nitrogens with one attached hydrogen (secondary N) is 1. The molecule has 136 valence electrons. The Balaban J connectivity index is 1.66. The van der Waals surface area contributed by atoms with Gasteiger partial charge in [-0.25, -0.2) is 4.98 Å². The second-order valence-electron chi connectivity index (χ2n) is 7.29. The Morgan fingerprint density at radius 2 is 2.08 bits per heavy atom. The van der Waals surface area contributed by atoms with Crippen molar-refractivity contribution in [3.8, 4) is 0 Å². The highest BCUT2D eigenvalue weighted by atomic mass is 15.2. The first kappa shape index (κ1) is 17.9. The fourth-order valence-electron chi connectivity index (χ4n) is 3.98. The molecular formula is C19H30N6. The average Bonchev–Trinajstić information content (AvgIpc) is 3.01. The molecule has 0 aromatic carbocycles. The number of nitrogens with zero attached hydrogens (tertiary/aromatic N) is 5. The van der Waals surface area contributed by atoms with E-state index < -0.39 is 0 Å². The van der Waals surface area contributed by atoms with Crippen LogP contribution in [-0.2, 0) is 13.6 Å². The van der Waals surface area contributed by atoms with Gasteiger partial charge in [-0.15, -0.1) is 0 Å². The van der Waals surface area contributed by atoms with Crippen LogP contribution in [0.2, 0.25) is 0 Å². The van der Waals surface area contributed by atoms with Gasteiger partial charge in [-0.05, 0) is 38.4 Å². The lowest BCUT2D eigenvalue weighted by Gasteiger charge is -2.39. The number of likely N-dealkylation sites (tertiary alicyclic amines) is 1. The summed E-state index contributed by atoms with van der Waals surface area (Å²) in [7, 11) is 8.48. The molecule has 0 spiro atoms. The summed E-state index contributed by atoms with van der Waals surface area (Å²) in [5.41, 5.74) is 3.78. The molecule has 3 rings (SSSR count). The zero-order valence-corrected chi connectivity index (χ0v) is 15.8. The van der Waals surface area contributed by atoms with Crippen LogP contribution in [0.5, 0.6) is 0 Å². The molecule has 1 aliphatic rings. The third kappa shape index (κ3) is 4.02. The maximum atomic E-state index is 4.33. The number of imidazole rings is 1. The quantitative estimate of drug-likeness (QED) is 0.871. The standard InChI is InChI=1S/C19H30N6/c1-23(2)17-7-8-20-11-16(17)12-21-10-15-6-5-9-24(3)19(15)18-13-22-14-25(18)4/h7-8,11,13-15,19,21H,5-6,9-10,12H2,1-4H3/t15-,19+/m0/s1. The fourth-order valence-corrected chi connectivity index (χ4v) is 3.98. The van der Waals surface area contributed by atoms with E-state index in [1.54, 1.807) is 0 Å². The molecule has 25 heavy (non-hydrogen) atoms. The second-order valence-corrected chi connectivity index (χ2v) is 7.29. The number of hydrogen-bond donors (Lipinski definition) is 1. The van der Waals surface area contributed by atoms with Crippen LogP contribution in [0.1, 0.15) is 30.1 Å². The molecule has 0 bridgehead atoms. The minimum atomic E-state index is 0.427. The predicted molar refractivity (Wildman–Crippen MR) is 102 cm³/mol. The van der Waals surface area contributed by atoms with Gasteiger partial charge in [-0.3, -0.25) is 9.88 Å². The van der Waals surface area contributed by atoms with Gasteiger partial charge in [-0.2, -0.15) is 0 Å². The molecule has 1 saturated heterocycles. The van der Waals surface area contributed by atoms with Crippen molar-refractivity contribution in [3.63, 3.8) is 0 Å². The van der Waals surface area contributed by atoms with Crippen molar-refractivity contribution in [3.05, 3.63) is 42.2 Å². The lowest BCUT2D eigenvalue weighted by molar-refractivity contribution is 0.113. The maximum Gasteiger partial charge on any atom is 0.0946 e. The normalized spacial score (nSPS) is 21.4. The van der Waals surface area contributed by atoms with Crippen LogP contribution in [0, 0.1) is 5.92 Å². The van der Waals surface area contributed by atoms with Crippen LogP contribution < -0.4 is 10.2 Å². The highest BCUT2D eigenvalue weighted by Crippen LogP contribution is 2.34. The number of pyridine rings is 1. The number of rotatable bonds is 6. The number of aryl methyl sites for hydroxylation is 1. The molecule has 0 unspecified atom stereocenters. The zero-order chi connectivity index (χ0) is 17.8. The Morgan fingerprint density at radius 1 is 1.24 bits per heavy atom. The smallest absolute Gasteiger partial charge is 0.0946 e. The Hall–Kier alpha value is -1.92. The summed E-state index contributed by atoms with van der Waals surface area (Å²) in [4.78, 5) is 13.2.